The number of aliphatic hydroxyl groups is 1. The molecule has 2 heterocycles. The summed E-state index contributed by atoms with van der Waals surface area (Å²) < 4.78 is 11.2. The maximum absolute atomic E-state index is 13.8. The van der Waals surface area contributed by atoms with Gasteiger partial charge >= 0.3 is 5.97 Å². The number of rotatable bonds is 5. The molecule has 1 saturated heterocycles. The molecule has 7 nitrogen and oxygen atoms in total. The third-order valence-corrected chi connectivity index (χ3v) is 9.07. The molecule has 1 N–H and O–H groups in total. The van der Waals surface area contributed by atoms with E-state index in [2.05, 4.69) is 13.8 Å². The summed E-state index contributed by atoms with van der Waals surface area (Å²) >= 11 is 0. The number of carbonyl (C=O) groups is 3. The van der Waals surface area contributed by atoms with E-state index in [-0.39, 0.29) is 47.2 Å². The van der Waals surface area contributed by atoms with Crippen LogP contribution >= 0.6 is 0 Å². The van der Waals surface area contributed by atoms with Gasteiger partial charge in [0.15, 0.2) is 5.78 Å². The molecule has 5 fully saturated rings. The number of nitrogens with zero attached hydrogens (tertiary/aromatic N) is 1. The molecule has 0 radical (unpaired) electrons. The molecule has 0 aromatic heterocycles. The molecule has 6 aliphatic rings. The highest BCUT2D eigenvalue weighted by atomic mass is 16.6. The number of ketones is 1. The molecule has 4 bridgehead atoms. The van der Waals surface area contributed by atoms with E-state index >= 15 is 0 Å². The molecule has 0 spiro atoms. The molecule has 6 rings (SSSR count). The van der Waals surface area contributed by atoms with Crippen LogP contribution in [0.5, 0.6) is 0 Å². The highest BCUT2D eigenvalue weighted by molar-refractivity contribution is 6.24. The van der Waals surface area contributed by atoms with Crippen LogP contribution in [-0.2, 0) is 23.9 Å². The lowest BCUT2D eigenvalue weighted by Gasteiger charge is -2.65. The van der Waals surface area contributed by atoms with Gasteiger partial charge < -0.3 is 14.6 Å². The summed E-state index contributed by atoms with van der Waals surface area (Å²) in [5, 5.41) is 11.4. The van der Waals surface area contributed by atoms with Crippen LogP contribution in [0.15, 0.2) is 11.3 Å². The summed E-state index contributed by atoms with van der Waals surface area (Å²) in [5.74, 6) is -1.58. The molecule has 2 unspecified atom stereocenters. The van der Waals surface area contributed by atoms with Gasteiger partial charge in [0.25, 0.3) is 5.91 Å². The first-order valence-electron chi connectivity index (χ1n) is 12.8. The average molecular weight is 474 g/mol. The number of Topliss-reactive ketones (excluding diaryl/α,β-unsaturated/α-hetero) is 1. The van der Waals surface area contributed by atoms with Gasteiger partial charge in [-0.05, 0) is 67.6 Å². The summed E-state index contributed by atoms with van der Waals surface area (Å²) in [6.45, 7) is 12.0. The van der Waals surface area contributed by atoms with Crippen molar-refractivity contribution < 1.29 is 29.0 Å². The minimum atomic E-state index is -1.78. The zero-order chi connectivity index (χ0) is 24.9. The molecule has 0 aromatic rings. The van der Waals surface area contributed by atoms with Crippen molar-refractivity contribution in [2.75, 3.05) is 13.2 Å². The summed E-state index contributed by atoms with van der Waals surface area (Å²) in [4.78, 5) is 41.9. The third kappa shape index (κ3) is 3.21. The summed E-state index contributed by atoms with van der Waals surface area (Å²) in [7, 11) is 0. The summed E-state index contributed by atoms with van der Waals surface area (Å²) in [6, 6.07) is 0. The average Bonchev–Trinajstić information content (AvgIpc) is 3.15. The Morgan fingerprint density at radius 1 is 1.12 bits per heavy atom. The van der Waals surface area contributed by atoms with E-state index in [1.165, 1.54) is 24.2 Å². The van der Waals surface area contributed by atoms with Crippen molar-refractivity contribution in [3.8, 4) is 0 Å². The van der Waals surface area contributed by atoms with Gasteiger partial charge in [0, 0.05) is 11.8 Å². The maximum Gasteiger partial charge on any atom is 0.342 e. The van der Waals surface area contributed by atoms with E-state index in [0.717, 1.165) is 19.3 Å². The Morgan fingerprint density at radius 2 is 1.74 bits per heavy atom. The van der Waals surface area contributed by atoms with Gasteiger partial charge in [-0.3, -0.25) is 14.5 Å². The molecule has 7 heteroatoms. The lowest BCUT2D eigenvalue weighted by atomic mass is 9.39. The van der Waals surface area contributed by atoms with Crippen LogP contribution in [0.25, 0.3) is 0 Å². The van der Waals surface area contributed by atoms with Gasteiger partial charge in [-0.25, -0.2) is 4.79 Å². The second-order valence-electron chi connectivity index (χ2n) is 13.7. The van der Waals surface area contributed by atoms with Crippen molar-refractivity contribution >= 4 is 17.7 Å². The third-order valence-electron chi connectivity index (χ3n) is 9.07. The normalized spacial score (nSPS) is 43.0. The van der Waals surface area contributed by atoms with E-state index in [9.17, 15) is 19.5 Å². The van der Waals surface area contributed by atoms with E-state index in [1.54, 1.807) is 6.92 Å². The Kier molecular flexibility index (Phi) is 4.96. The zero-order valence-electron chi connectivity index (χ0n) is 21.5. The molecule has 34 heavy (non-hydrogen) atoms. The van der Waals surface area contributed by atoms with Gasteiger partial charge in [0.05, 0.1) is 13.2 Å². The maximum atomic E-state index is 13.8. The first-order chi connectivity index (χ1) is 15.7. The second kappa shape index (κ2) is 7.08. The van der Waals surface area contributed by atoms with Crippen molar-refractivity contribution in [2.24, 2.45) is 27.6 Å². The van der Waals surface area contributed by atoms with Gasteiger partial charge in [0.1, 0.15) is 17.6 Å². The van der Waals surface area contributed by atoms with Crippen LogP contribution in [0.2, 0.25) is 0 Å². The van der Waals surface area contributed by atoms with Crippen molar-refractivity contribution in [3.63, 3.8) is 0 Å². The Bertz CT molecular complexity index is 974. The molecule has 0 aromatic carbocycles. The highest BCUT2D eigenvalue weighted by Crippen LogP contribution is 2.70. The standard InChI is InChI=1S/C27H39NO6/c1-7-33-22(32)27-15-34-21(23(2,3)4)28(27)20(31)18(19(27)30)17(29)11-26-10-16-8-24(5,13-26)12-25(6,9-16)14-26/h16,21,30H,7-15H2,1-6H3/t16?,21-,24?,25?,26?,27-/m1/s1. The fourth-order valence-electron chi connectivity index (χ4n) is 9.14. The van der Waals surface area contributed by atoms with Gasteiger partial charge in [-0.2, -0.15) is 0 Å². The first kappa shape index (κ1) is 23.8. The van der Waals surface area contributed by atoms with Crippen molar-refractivity contribution in [2.45, 2.75) is 98.3 Å². The van der Waals surface area contributed by atoms with E-state index in [1.807, 2.05) is 20.8 Å². The summed E-state index contributed by atoms with van der Waals surface area (Å²) in [5.41, 5.74) is -2.21. The van der Waals surface area contributed by atoms with Crippen LogP contribution in [0.1, 0.15) is 86.5 Å². The second-order valence-corrected chi connectivity index (χ2v) is 13.7. The van der Waals surface area contributed by atoms with E-state index in [4.69, 9.17) is 9.47 Å². The Morgan fingerprint density at radius 3 is 2.26 bits per heavy atom. The molecule has 4 saturated carbocycles. The van der Waals surface area contributed by atoms with Gasteiger partial charge in [0.2, 0.25) is 5.54 Å². The molecule has 188 valence electrons. The minimum Gasteiger partial charge on any atom is -0.508 e. The topological polar surface area (TPSA) is 93.1 Å². The quantitative estimate of drug-likeness (QED) is 0.473. The monoisotopic (exact) mass is 473 g/mol. The number of ether oxygens (including phenoxy) is 2. The smallest absolute Gasteiger partial charge is 0.342 e. The Hall–Kier alpha value is -1.89. The van der Waals surface area contributed by atoms with Crippen LogP contribution in [0.3, 0.4) is 0 Å². The molecular weight excluding hydrogens is 434 g/mol. The van der Waals surface area contributed by atoms with Gasteiger partial charge in [-0.15, -0.1) is 0 Å². The number of hydrogen-bond donors (Lipinski definition) is 1. The predicted molar refractivity (Wildman–Crippen MR) is 125 cm³/mol. The van der Waals surface area contributed by atoms with Crippen LogP contribution in [-0.4, -0.2) is 52.6 Å². The van der Waals surface area contributed by atoms with E-state index in [0.29, 0.717) is 5.92 Å². The SMILES string of the molecule is CCOC(=O)[C@]12CO[C@H](C(C)(C)C)N1C(=O)C(C(=O)CC13CC4CC(C)(CC(C)(C4)C1)C3)=C2O. The van der Waals surface area contributed by atoms with Crippen molar-refractivity contribution in [1.82, 2.24) is 4.90 Å². The number of fused-ring (bicyclic) bond motifs is 1. The first-order valence-corrected chi connectivity index (χ1v) is 12.8. The minimum absolute atomic E-state index is 0.0982. The summed E-state index contributed by atoms with van der Waals surface area (Å²) in [6.07, 6.45) is 6.10. The molecular formula is C27H39NO6. The Balaban J connectivity index is 1.51. The lowest BCUT2D eigenvalue weighted by Crippen LogP contribution is -2.57. The molecule has 1 amide bonds. The lowest BCUT2D eigenvalue weighted by molar-refractivity contribution is -0.161. The number of esters is 1. The number of carbonyl (C=O) groups excluding carboxylic acids is 3. The molecule has 4 atom stereocenters. The zero-order valence-corrected chi connectivity index (χ0v) is 21.5. The van der Waals surface area contributed by atoms with Gasteiger partial charge in [-0.1, -0.05) is 34.6 Å². The van der Waals surface area contributed by atoms with Crippen molar-refractivity contribution in [1.29, 1.82) is 0 Å². The number of hydrogen-bond acceptors (Lipinski definition) is 6. The predicted octanol–water partition coefficient (Wildman–Crippen LogP) is 4.30. The van der Waals surface area contributed by atoms with Crippen LogP contribution in [0, 0.1) is 27.6 Å². The molecule has 4 aliphatic carbocycles. The Labute approximate surface area is 202 Å². The fraction of sp³-hybridized carbons (Fsp3) is 0.815. The number of amides is 1. The largest absolute Gasteiger partial charge is 0.508 e. The number of aliphatic hydroxyl groups excluding tert-OH is 1. The highest BCUT2D eigenvalue weighted by Gasteiger charge is 2.68. The van der Waals surface area contributed by atoms with E-state index < -0.39 is 34.8 Å². The van der Waals surface area contributed by atoms with Crippen LogP contribution < -0.4 is 0 Å². The fourth-order valence-corrected chi connectivity index (χ4v) is 9.14. The molecule has 2 aliphatic heterocycles. The van der Waals surface area contributed by atoms with Crippen molar-refractivity contribution in [3.05, 3.63) is 11.3 Å². The van der Waals surface area contributed by atoms with Crippen LogP contribution in [0.4, 0.5) is 0 Å².